The van der Waals surface area contributed by atoms with Gasteiger partial charge in [-0.1, -0.05) is 12.1 Å². The molecule has 1 N–H and O–H groups in total. The van der Waals surface area contributed by atoms with Crippen LogP contribution in [0.1, 0.15) is 5.76 Å². The lowest BCUT2D eigenvalue weighted by Gasteiger charge is -1.96. The van der Waals surface area contributed by atoms with Crippen molar-refractivity contribution in [3.8, 4) is 10.6 Å². The molecule has 1 saturated heterocycles. The number of nitrogens with one attached hydrogen (secondary N) is 1. The molecule has 0 radical (unpaired) electrons. The highest BCUT2D eigenvalue weighted by molar-refractivity contribution is 8.18. The molecule has 1 aliphatic heterocycles. The van der Waals surface area contributed by atoms with Crippen molar-refractivity contribution < 1.29 is 14.0 Å². The van der Waals surface area contributed by atoms with Gasteiger partial charge in [-0.25, -0.2) is 4.98 Å². The van der Waals surface area contributed by atoms with E-state index in [0.717, 1.165) is 37.9 Å². The zero-order valence-electron chi connectivity index (χ0n) is 13.1. The van der Waals surface area contributed by atoms with Gasteiger partial charge in [0.2, 0.25) is 0 Å². The number of benzene rings is 1. The minimum absolute atomic E-state index is 0.309. The number of rotatable bonds is 2. The molecule has 0 atom stereocenters. The molecule has 2 amide bonds. The number of amides is 2. The Morgan fingerprint density at radius 2 is 2.04 bits per heavy atom. The first-order valence-corrected chi connectivity index (χ1v) is 9.29. The molecule has 1 aromatic carbocycles. The number of nitrogens with zero attached hydrogens (tertiary/aromatic N) is 2. The molecule has 126 valence electrons. The number of fused-ring (bicyclic) bond motifs is 2. The summed E-state index contributed by atoms with van der Waals surface area (Å²) in [5.74, 6) is 0.0766. The molecule has 0 bridgehead atoms. The van der Waals surface area contributed by atoms with Gasteiger partial charge in [0, 0.05) is 23.9 Å². The summed E-state index contributed by atoms with van der Waals surface area (Å²) in [5.41, 5.74) is 2.38. The Balaban J connectivity index is 1.63. The van der Waals surface area contributed by atoms with Gasteiger partial charge in [0.1, 0.15) is 16.4 Å². The fraction of sp³-hybridized carbons (Fsp3) is 0. The fourth-order valence-corrected chi connectivity index (χ4v) is 4.38. The van der Waals surface area contributed by atoms with Crippen LogP contribution in [0.15, 0.2) is 52.0 Å². The molecule has 3 aromatic heterocycles. The van der Waals surface area contributed by atoms with E-state index < -0.39 is 5.91 Å². The van der Waals surface area contributed by atoms with Crippen LogP contribution in [0.5, 0.6) is 0 Å². The summed E-state index contributed by atoms with van der Waals surface area (Å²) in [6.07, 6.45) is 4.98. The number of hydrogen-bond acceptors (Lipinski definition) is 7. The first-order chi connectivity index (χ1) is 12.7. The van der Waals surface area contributed by atoms with Gasteiger partial charge >= 0.3 is 0 Å². The number of thioether (sulfide) groups is 1. The third-order valence-corrected chi connectivity index (χ3v) is 5.76. The lowest BCUT2D eigenvalue weighted by molar-refractivity contribution is -0.115. The second-order valence-electron chi connectivity index (χ2n) is 5.59. The van der Waals surface area contributed by atoms with Gasteiger partial charge in [-0.05, 0) is 30.0 Å². The molecule has 1 aliphatic rings. The van der Waals surface area contributed by atoms with Crippen molar-refractivity contribution in [3.05, 3.63) is 53.4 Å². The van der Waals surface area contributed by atoms with Crippen LogP contribution < -0.4 is 5.32 Å². The van der Waals surface area contributed by atoms with Crippen molar-refractivity contribution in [2.75, 3.05) is 0 Å². The largest absolute Gasteiger partial charge is 0.456 e. The molecule has 4 aromatic rings. The van der Waals surface area contributed by atoms with Crippen molar-refractivity contribution in [2.45, 2.75) is 0 Å². The average Bonchev–Trinajstić information content (AvgIpc) is 3.31. The van der Waals surface area contributed by atoms with Crippen LogP contribution in [0.3, 0.4) is 0 Å². The zero-order valence-corrected chi connectivity index (χ0v) is 14.7. The number of pyridine rings is 1. The van der Waals surface area contributed by atoms with E-state index in [2.05, 4.69) is 15.3 Å². The maximum Gasteiger partial charge on any atom is 0.290 e. The number of carbonyl (C=O) groups is 2. The third kappa shape index (κ3) is 2.51. The molecule has 0 spiro atoms. The van der Waals surface area contributed by atoms with Crippen LogP contribution in [0, 0.1) is 0 Å². The highest BCUT2D eigenvalue weighted by Gasteiger charge is 2.25. The molecule has 8 heteroatoms. The van der Waals surface area contributed by atoms with E-state index in [1.54, 1.807) is 35.9 Å². The lowest BCUT2D eigenvalue weighted by atomic mass is 10.2. The number of imide groups is 1. The minimum atomic E-state index is -0.412. The van der Waals surface area contributed by atoms with E-state index in [0.29, 0.717) is 16.2 Å². The number of hydrogen-bond donors (Lipinski definition) is 1. The van der Waals surface area contributed by atoms with Gasteiger partial charge in [-0.3, -0.25) is 19.9 Å². The van der Waals surface area contributed by atoms with Gasteiger partial charge in [0.05, 0.1) is 20.7 Å². The molecule has 6 nitrogen and oxygen atoms in total. The van der Waals surface area contributed by atoms with Crippen LogP contribution in [-0.2, 0) is 4.79 Å². The first kappa shape index (κ1) is 15.3. The molecule has 0 unspecified atom stereocenters. The lowest BCUT2D eigenvalue weighted by Crippen LogP contribution is -2.17. The van der Waals surface area contributed by atoms with E-state index >= 15 is 0 Å². The molecule has 5 rings (SSSR count). The standard InChI is InChI=1S/C18H9N3O3S2/c22-16-14(26-18(23)21-16)6-10-5-9-7-19-8-11(15(9)24-10)17-20-12-3-1-2-4-13(12)25-17/h1-8H,(H,21,22,23). The Kier molecular flexibility index (Phi) is 3.41. The Morgan fingerprint density at radius 3 is 2.85 bits per heavy atom. The monoisotopic (exact) mass is 379 g/mol. The maximum atomic E-state index is 11.7. The number of furan rings is 1. The van der Waals surface area contributed by atoms with Gasteiger partial charge < -0.3 is 4.42 Å². The molecule has 0 aliphatic carbocycles. The van der Waals surface area contributed by atoms with E-state index in [9.17, 15) is 9.59 Å². The zero-order chi connectivity index (χ0) is 17.7. The highest BCUT2D eigenvalue weighted by atomic mass is 32.2. The van der Waals surface area contributed by atoms with Crippen LogP contribution in [0.25, 0.3) is 37.8 Å². The molecule has 1 fully saturated rings. The number of thiazole rings is 1. The quantitative estimate of drug-likeness (QED) is 0.519. The molecular formula is C18H9N3O3S2. The number of carbonyl (C=O) groups excluding carboxylic acids is 2. The van der Waals surface area contributed by atoms with Gasteiger partial charge in [-0.15, -0.1) is 11.3 Å². The second-order valence-corrected chi connectivity index (χ2v) is 7.64. The van der Waals surface area contributed by atoms with Crippen molar-refractivity contribution in [3.63, 3.8) is 0 Å². The SMILES string of the molecule is O=C1NC(=O)C(=Cc2cc3cncc(-c4nc5ccccc5s4)c3o2)S1. The first-order valence-electron chi connectivity index (χ1n) is 7.66. The van der Waals surface area contributed by atoms with Crippen molar-refractivity contribution in [1.29, 1.82) is 0 Å². The predicted molar refractivity (Wildman–Crippen MR) is 102 cm³/mol. The second kappa shape index (κ2) is 5.79. The Labute approximate surface area is 154 Å². The summed E-state index contributed by atoms with van der Waals surface area (Å²) in [6, 6.07) is 9.71. The van der Waals surface area contributed by atoms with Crippen LogP contribution in [0.4, 0.5) is 4.79 Å². The number of aromatic nitrogens is 2. The van der Waals surface area contributed by atoms with Crippen LogP contribution >= 0.6 is 23.1 Å². The summed E-state index contributed by atoms with van der Waals surface area (Å²) in [5, 5.41) is 3.48. The van der Waals surface area contributed by atoms with Gasteiger partial charge in [0.15, 0.2) is 0 Å². The van der Waals surface area contributed by atoms with Crippen molar-refractivity contribution in [1.82, 2.24) is 15.3 Å². The van der Waals surface area contributed by atoms with Gasteiger partial charge in [-0.2, -0.15) is 0 Å². The van der Waals surface area contributed by atoms with E-state index in [4.69, 9.17) is 4.42 Å². The highest BCUT2D eigenvalue weighted by Crippen LogP contribution is 2.36. The van der Waals surface area contributed by atoms with E-state index in [1.807, 2.05) is 24.3 Å². The Hall–Kier alpha value is -2.97. The van der Waals surface area contributed by atoms with Crippen LogP contribution in [-0.4, -0.2) is 21.1 Å². The summed E-state index contributed by atoms with van der Waals surface area (Å²) in [6.45, 7) is 0. The van der Waals surface area contributed by atoms with Crippen molar-refractivity contribution in [2.24, 2.45) is 0 Å². The normalized spacial score (nSPS) is 16.1. The van der Waals surface area contributed by atoms with Gasteiger partial charge in [0.25, 0.3) is 11.1 Å². The number of para-hydroxylation sites is 1. The molecule has 4 heterocycles. The molecule has 0 saturated carbocycles. The Morgan fingerprint density at radius 1 is 1.15 bits per heavy atom. The Bertz CT molecular complexity index is 1210. The van der Waals surface area contributed by atoms with Crippen LogP contribution in [0.2, 0.25) is 0 Å². The average molecular weight is 379 g/mol. The summed E-state index contributed by atoms with van der Waals surface area (Å²) in [4.78, 5) is 32.2. The fourth-order valence-electron chi connectivity index (χ4n) is 2.74. The topological polar surface area (TPSA) is 85.1 Å². The summed E-state index contributed by atoms with van der Waals surface area (Å²) in [7, 11) is 0. The summed E-state index contributed by atoms with van der Waals surface area (Å²) < 4.78 is 7.03. The molecular weight excluding hydrogens is 370 g/mol. The smallest absolute Gasteiger partial charge is 0.290 e. The minimum Gasteiger partial charge on any atom is -0.456 e. The molecule has 26 heavy (non-hydrogen) atoms. The van der Waals surface area contributed by atoms with E-state index in [-0.39, 0.29) is 5.24 Å². The predicted octanol–water partition coefficient (Wildman–Crippen LogP) is 4.43. The maximum absolute atomic E-state index is 11.7. The third-order valence-electron chi connectivity index (χ3n) is 3.88. The van der Waals surface area contributed by atoms with Crippen molar-refractivity contribution >= 4 is 61.5 Å². The summed E-state index contributed by atoms with van der Waals surface area (Å²) >= 11 is 2.43. The van der Waals surface area contributed by atoms with E-state index in [1.165, 1.54) is 0 Å².